The summed E-state index contributed by atoms with van der Waals surface area (Å²) >= 11 is 4.30. The van der Waals surface area contributed by atoms with Crippen LogP contribution in [-0.2, 0) is 18.9 Å². The minimum absolute atomic E-state index is 0.0346. The minimum Gasteiger partial charge on any atom is -0.348 e. The third-order valence-electron chi connectivity index (χ3n) is 6.05. The summed E-state index contributed by atoms with van der Waals surface area (Å²) in [5, 5.41) is 8.26. The molecule has 1 saturated heterocycles. The molecular weight excluding hydrogens is 480 g/mol. The molecule has 0 spiro atoms. The lowest BCUT2D eigenvalue weighted by Gasteiger charge is -2.21. The molecule has 11 heteroatoms. The van der Waals surface area contributed by atoms with Crippen LogP contribution in [0.3, 0.4) is 0 Å². The Labute approximate surface area is 204 Å². The lowest BCUT2D eigenvalue weighted by Crippen LogP contribution is -2.28. The zero-order chi connectivity index (χ0) is 24.6. The first kappa shape index (κ1) is 23.5. The molecule has 2 aromatic heterocycles. The van der Waals surface area contributed by atoms with Gasteiger partial charge in [0.05, 0.1) is 13.1 Å². The predicted octanol–water partition coefficient (Wildman–Crippen LogP) is 4.73. The van der Waals surface area contributed by atoms with Crippen LogP contribution in [0.25, 0.3) is 11.2 Å². The Morgan fingerprint density at radius 1 is 0.971 bits per heavy atom. The molecule has 0 atom stereocenters. The van der Waals surface area contributed by atoms with E-state index >= 15 is 8.78 Å². The van der Waals surface area contributed by atoms with Crippen molar-refractivity contribution in [1.82, 2.24) is 25.0 Å². The highest BCUT2D eigenvalue weighted by Crippen LogP contribution is 2.38. The number of nitrogens with zero attached hydrogens (tertiary/aromatic N) is 6. The van der Waals surface area contributed by atoms with Crippen LogP contribution in [0, 0.1) is 0 Å². The molecule has 1 aliphatic heterocycles. The molecule has 35 heavy (non-hydrogen) atoms. The van der Waals surface area contributed by atoms with Crippen LogP contribution in [0.1, 0.15) is 28.9 Å². The van der Waals surface area contributed by atoms with Gasteiger partial charge in [-0.1, -0.05) is 59.8 Å². The molecule has 0 amide bonds. The minimum atomic E-state index is -3.55. The van der Waals surface area contributed by atoms with Crippen molar-refractivity contribution in [1.29, 1.82) is 0 Å². The molecule has 2 aromatic carbocycles. The lowest BCUT2D eigenvalue weighted by atomic mass is 10.1. The summed E-state index contributed by atoms with van der Waals surface area (Å²) in [7, 11) is 0. The van der Waals surface area contributed by atoms with Gasteiger partial charge < -0.3 is 4.90 Å². The normalized spacial score (nSPS) is 15.7. The molecule has 0 N–H and O–H groups in total. The molecule has 1 aliphatic rings. The third-order valence-corrected chi connectivity index (χ3v) is 6.27. The standard InChI is InChI=1S/C24H22F4N6S/c25-23(26)11-12-33(15-23)20-19-21(30-22(29-20)24(27,28)18-8-2-1-3-9-18)34(32-31-19)14-17-7-5-4-6-16(17)10-13-35/h1-9,35H,10-15H2. The second kappa shape index (κ2) is 9.10. The van der Waals surface area contributed by atoms with Crippen molar-refractivity contribution in [2.24, 2.45) is 0 Å². The first-order chi connectivity index (χ1) is 16.8. The summed E-state index contributed by atoms with van der Waals surface area (Å²) in [6.45, 7) is -0.441. The van der Waals surface area contributed by atoms with Gasteiger partial charge in [0.1, 0.15) is 0 Å². The van der Waals surface area contributed by atoms with Crippen LogP contribution >= 0.6 is 12.6 Å². The van der Waals surface area contributed by atoms with Crippen molar-refractivity contribution in [3.63, 3.8) is 0 Å². The Hall–Kier alpha value is -3.21. The molecule has 5 rings (SSSR count). The highest BCUT2D eigenvalue weighted by molar-refractivity contribution is 7.80. The molecular formula is C24H22F4N6S. The summed E-state index contributed by atoms with van der Waals surface area (Å²) in [5.74, 6) is -6.70. The predicted molar refractivity (Wildman–Crippen MR) is 127 cm³/mol. The summed E-state index contributed by atoms with van der Waals surface area (Å²) in [4.78, 5) is 9.52. The Kier molecular flexibility index (Phi) is 6.12. The number of hydrogen-bond donors (Lipinski definition) is 1. The monoisotopic (exact) mass is 502 g/mol. The van der Waals surface area contributed by atoms with Gasteiger partial charge in [-0.25, -0.2) is 23.4 Å². The second-order valence-electron chi connectivity index (χ2n) is 8.50. The van der Waals surface area contributed by atoms with E-state index in [-0.39, 0.29) is 35.6 Å². The highest BCUT2D eigenvalue weighted by Gasteiger charge is 2.43. The van der Waals surface area contributed by atoms with Gasteiger partial charge in [0.25, 0.3) is 5.92 Å². The summed E-state index contributed by atoms with van der Waals surface area (Å²) < 4.78 is 60.5. The summed E-state index contributed by atoms with van der Waals surface area (Å²) in [6.07, 6.45) is 0.320. The molecule has 0 aliphatic carbocycles. The van der Waals surface area contributed by atoms with Crippen LogP contribution in [0.15, 0.2) is 54.6 Å². The van der Waals surface area contributed by atoms with E-state index in [9.17, 15) is 8.78 Å². The highest BCUT2D eigenvalue weighted by atomic mass is 32.1. The van der Waals surface area contributed by atoms with E-state index in [2.05, 4.69) is 32.9 Å². The number of halogens is 4. The van der Waals surface area contributed by atoms with E-state index in [0.717, 1.165) is 11.1 Å². The fourth-order valence-electron chi connectivity index (χ4n) is 4.24. The summed E-state index contributed by atoms with van der Waals surface area (Å²) in [5.41, 5.74) is 1.83. The van der Waals surface area contributed by atoms with Crippen molar-refractivity contribution in [3.05, 3.63) is 77.1 Å². The molecule has 182 valence electrons. The van der Waals surface area contributed by atoms with Crippen molar-refractivity contribution in [2.45, 2.75) is 31.2 Å². The number of rotatable bonds is 7. The van der Waals surface area contributed by atoms with Crippen molar-refractivity contribution in [2.75, 3.05) is 23.7 Å². The lowest BCUT2D eigenvalue weighted by molar-refractivity contribution is 0.0256. The van der Waals surface area contributed by atoms with Gasteiger partial charge in [0.2, 0.25) is 5.82 Å². The van der Waals surface area contributed by atoms with Gasteiger partial charge in [-0.2, -0.15) is 21.4 Å². The van der Waals surface area contributed by atoms with Crippen molar-refractivity contribution >= 4 is 29.6 Å². The van der Waals surface area contributed by atoms with Crippen molar-refractivity contribution in [3.8, 4) is 0 Å². The van der Waals surface area contributed by atoms with Gasteiger partial charge in [-0.05, 0) is 23.3 Å². The zero-order valence-electron chi connectivity index (χ0n) is 18.6. The molecule has 0 saturated carbocycles. The number of aryl methyl sites for hydroxylation is 1. The van der Waals surface area contributed by atoms with Gasteiger partial charge in [-0.3, -0.25) is 0 Å². The van der Waals surface area contributed by atoms with Crippen LogP contribution in [0.2, 0.25) is 0 Å². The molecule has 1 fully saturated rings. The zero-order valence-corrected chi connectivity index (χ0v) is 19.5. The average molecular weight is 503 g/mol. The Bertz CT molecular complexity index is 1340. The number of fused-ring (bicyclic) bond motifs is 1. The van der Waals surface area contributed by atoms with Crippen LogP contribution in [0.5, 0.6) is 0 Å². The van der Waals surface area contributed by atoms with E-state index in [0.29, 0.717) is 12.2 Å². The number of alkyl halides is 4. The first-order valence-corrected chi connectivity index (χ1v) is 11.8. The maximum atomic E-state index is 15.5. The Morgan fingerprint density at radius 3 is 2.37 bits per heavy atom. The van der Waals surface area contributed by atoms with Gasteiger partial charge in [0, 0.05) is 18.5 Å². The topological polar surface area (TPSA) is 59.7 Å². The van der Waals surface area contributed by atoms with E-state index in [1.165, 1.54) is 33.8 Å². The van der Waals surface area contributed by atoms with Gasteiger partial charge in [-0.15, -0.1) is 5.10 Å². The van der Waals surface area contributed by atoms with Crippen LogP contribution in [0.4, 0.5) is 23.4 Å². The quantitative estimate of drug-likeness (QED) is 0.293. The Morgan fingerprint density at radius 2 is 1.69 bits per heavy atom. The van der Waals surface area contributed by atoms with Crippen LogP contribution < -0.4 is 4.90 Å². The van der Waals surface area contributed by atoms with Gasteiger partial charge >= 0.3 is 5.92 Å². The largest absolute Gasteiger partial charge is 0.348 e. The van der Waals surface area contributed by atoms with Crippen LogP contribution in [-0.4, -0.2) is 49.7 Å². The first-order valence-electron chi connectivity index (χ1n) is 11.1. The third kappa shape index (κ3) is 4.56. The fourth-order valence-corrected chi connectivity index (χ4v) is 4.48. The average Bonchev–Trinajstić information content (AvgIpc) is 3.43. The second-order valence-corrected chi connectivity index (χ2v) is 8.95. The number of anilines is 1. The van der Waals surface area contributed by atoms with E-state index in [4.69, 9.17) is 0 Å². The molecule has 4 aromatic rings. The summed E-state index contributed by atoms with van der Waals surface area (Å²) in [6, 6.07) is 14.8. The molecule has 3 heterocycles. The maximum Gasteiger partial charge on any atom is 0.331 e. The van der Waals surface area contributed by atoms with E-state index < -0.39 is 30.6 Å². The number of hydrogen-bond acceptors (Lipinski definition) is 6. The molecule has 6 nitrogen and oxygen atoms in total. The molecule has 0 bridgehead atoms. The van der Waals surface area contributed by atoms with E-state index in [1.54, 1.807) is 6.07 Å². The van der Waals surface area contributed by atoms with Gasteiger partial charge in [0.15, 0.2) is 17.0 Å². The SMILES string of the molecule is FC1(F)CCN(c2nc(C(F)(F)c3ccccc3)nc3c2nnn3Cc2ccccc2CCS)C1. The number of benzene rings is 2. The van der Waals surface area contributed by atoms with Crippen molar-refractivity contribution < 1.29 is 17.6 Å². The molecule has 0 unspecified atom stereocenters. The number of thiol groups is 1. The number of aromatic nitrogens is 5. The van der Waals surface area contributed by atoms with E-state index in [1.807, 2.05) is 24.3 Å². The smallest absolute Gasteiger partial charge is 0.331 e. The Balaban J connectivity index is 1.65. The molecule has 0 radical (unpaired) electrons. The fraction of sp³-hybridized carbons (Fsp3) is 0.333. The maximum absolute atomic E-state index is 15.5.